The molecule has 1 aliphatic rings. The molecule has 1 amide bonds. The van der Waals surface area contributed by atoms with Crippen LogP contribution in [0.4, 0.5) is 13.2 Å². The number of carbonyl (C=O) groups is 1. The normalized spacial score (nSPS) is 16.1. The summed E-state index contributed by atoms with van der Waals surface area (Å²) in [4.78, 5) is 16.3. The van der Waals surface area contributed by atoms with Crippen LogP contribution in [0.25, 0.3) is 5.69 Å². The zero-order valence-corrected chi connectivity index (χ0v) is 14.9. The zero-order valence-electron chi connectivity index (χ0n) is 14.1. The number of amides is 1. The molecule has 1 aliphatic heterocycles. The van der Waals surface area contributed by atoms with Gasteiger partial charge in [-0.1, -0.05) is 24.6 Å². The van der Waals surface area contributed by atoms with Gasteiger partial charge in [-0.15, -0.1) is 0 Å². The van der Waals surface area contributed by atoms with E-state index in [0.29, 0.717) is 26.2 Å². The van der Waals surface area contributed by atoms with Gasteiger partial charge in [0.1, 0.15) is 0 Å². The standard InChI is InChI=1S/C17H18ClF3N4O/c1-2-23-6-8-24(9-7-23)16(26)14-11-22-25(15(14)17(19,20)21)13-5-3-4-12(18)10-13/h3-5,10-11H,2,6-9H2,1H3. The van der Waals surface area contributed by atoms with Gasteiger partial charge in [-0.2, -0.15) is 18.3 Å². The number of alkyl halides is 3. The fourth-order valence-corrected chi connectivity index (χ4v) is 3.20. The monoisotopic (exact) mass is 386 g/mol. The van der Waals surface area contributed by atoms with Gasteiger partial charge in [0.2, 0.25) is 0 Å². The van der Waals surface area contributed by atoms with Crippen LogP contribution >= 0.6 is 11.6 Å². The maximum absolute atomic E-state index is 13.7. The molecular formula is C17H18ClF3N4O. The molecule has 9 heteroatoms. The highest BCUT2D eigenvalue weighted by atomic mass is 35.5. The van der Waals surface area contributed by atoms with Crippen molar-refractivity contribution < 1.29 is 18.0 Å². The Bertz CT molecular complexity index is 798. The molecular weight excluding hydrogens is 369 g/mol. The van der Waals surface area contributed by atoms with Gasteiger partial charge in [0.25, 0.3) is 5.91 Å². The van der Waals surface area contributed by atoms with Crippen LogP contribution in [0.15, 0.2) is 30.5 Å². The first-order chi connectivity index (χ1) is 12.3. The Balaban J connectivity index is 1.97. The summed E-state index contributed by atoms with van der Waals surface area (Å²) in [6, 6.07) is 5.92. The Kier molecular flexibility index (Phi) is 5.24. The lowest BCUT2D eigenvalue weighted by molar-refractivity contribution is -0.143. The van der Waals surface area contributed by atoms with E-state index in [4.69, 9.17) is 11.6 Å². The Hall–Kier alpha value is -2.06. The SMILES string of the molecule is CCN1CCN(C(=O)c2cnn(-c3cccc(Cl)c3)c2C(F)(F)F)CC1. The molecule has 2 aromatic rings. The van der Waals surface area contributed by atoms with Gasteiger partial charge in [0.15, 0.2) is 5.69 Å². The average molecular weight is 387 g/mol. The average Bonchev–Trinajstić information content (AvgIpc) is 3.07. The van der Waals surface area contributed by atoms with Crippen LogP contribution in [-0.4, -0.2) is 58.2 Å². The lowest BCUT2D eigenvalue weighted by Crippen LogP contribution is -2.48. The molecule has 1 fully saturated rings. The molecule has 1 aromatic heterocycles. The molecule has 2 heterocycles. The molecule has 0 unspecified atom stereocenters. The second kappa shape index (κ2) is 7.28. The zero-order chi connectivity index (χ0) is 18.9. The third-order valence-electron chi connectivity index (χ3n) is 4.43. The largest absolute Gasteiger partial charge is 0.434 e. The number of carbonyl (C=O) groups excluding carboxylic acids is 1. The van der Waals surface area contributed by atoms with Crippen LogP contribution in [0.2, 0.25) is 5.02 Å². The third-order valence-corrected chi connectivity index (χ3v) is 4.66. The van der Waals surface area contributed by atoms with Crippen molar-refractivity contribution in [3.05, 3.63) is 46.7 Å². The molecule has 3 rings (SSSR count). The minimum atomic E-state index is -4.73. The number of nitrogens with zero attached hydrogens (tertiary/aromatic N) is 4. The van der Waals surface area contributed by atoms with Crippen LogP contribution in [0.5, 0.6) is 0 Å². The van der Waals surface area contributed by atoms with Crippen molar-refractivity contribution in [1.82, 2.24) is 19.6 Å². The van der Waals surface area contributed by atoms with Crippen molar-refractivity contribution >= 4 is 17.5 Å². The van der Waals surface area contributed by atoms with E-state index in [2.05, 4.69) is 10.00 Å². The maximum atomic E-state index is 13.7. The van der Waals surface area contributed by atoms with E-state index < -0.39 is 23.3 Å². The van der Waals surface area contributed by atoms with Crippen LogP contribution in [-0.2, 0) is 6.18 Å². The highest BCUT2D eigenvalue weighted by molar-refractivity contribution is 6.30. The first-order valence-electron chi connectivity index (χ1n) is 8.24. The van der Waals surface area contributed by atoms with Crippen molar-refractivity contribution in [3.63, 3.8) is 0 Å². The highest BCUT2D eigenvalue weighted by Gasteiger charge is 2.41. The smallest absolute Gasteiger partial charge is 0.336 e. The van der Waals surface area contributed by atoms with E-state index in [0.717, 1.165) is 17.4 Å². The molecule has 0 spiro atoms. The molecule has 0 radical (unpaired) electrons. The highest BCUT2D eigenvalue weighted by Crippen LogP contribution is 2.34. The van der Waals surface area contributed by atoms with E-state index in [1.807, 2.05) is 6.92 Å². The van der Waals surface area contributed by atoms with Gasteiger partial charge < -0.3 is 9.80 Å². The van der Waals surface area contributed by atoms with Crippen molar-refractivity contribution in [2.45, 2.75) is 13.1 Å². The molecule has 0 saturated carbocycles. The molecule has 5 nitrogen and oxygen atoms in total. The third kappa shape index (κ3) is 3.71. The summed E-state index contributed by atoms with van der Waals surface area (Å²) < 4.78 is 41.8. The number of likely N-dealkylation sites (N-methyl/N-ethyl adjacent to an activating group) is 1. The molecule has 1 saturated heterocycles. The summed E-state index contributed by atoms with van der Waals surface area (Å²) in [5.41, 5.74) is -1.37. The second-order valence-electron chi connectivity index (χ2n) is 6.02. The number of hydrogen-bond donors (Lipinski definition) is 0. The van der Waals surface area contributed by atoms with Crippen molar-refractivity contribution in [2.75, 3.05) is 32.7 Å². The van der Waals surface area contributed by atoms with Gasteiger partial charge in [-0.25, -0.2) is 4.68 Å². The van der Waals surface area contributed by atoms with E-state index in [9.17, 15) is 18.0 Å². The van der Waals surface area contributed by atoms with Crippen LogP contribution in [0.3, 0.4) is 0 Å². The summed E-state index contributed by atoms with van der Waals surface area (Å²) in [6.45, 7) is 4.94. The van der Waals surface area contributed by atoms with Gasteiger partial charge in [0, 0.05) is 31.2 Å². The molecule has 26 heavy (non-hydrogen) atoms. The summed E-state index contributed by atoms with van der Waals surface area (Å²) >= 11 is 5.88. The molecule has 0 N–H and O–H groups in total. The number of hydrogen-bond acceptors (Lipinski definition) is 3. The minimum absolute atomic E-state index is 0.152. The quantitative estimate of drug-likeness (QED) is 0.812. The predicted octanol–water partition coefficient (Wildman–Crippen LogP) is 3.32. The summed E-state index contributed by atoms with van der Waals surface area (Å²) in [5, 5.41) is 4.11. The first-order valence-corrected chi connectivity index (χ1v) is 8.62. The Morgan fingerprint density at radius 3 is 2.50 bits per heavy atom. The number of aromatic nitrogens is 2. The Morgan fingerprint density at radius 2 is 1.92 bits per heavy atom. The van der Waals surface area contributed by atoms with Gasteiger partial charge >= 0.3 is 6.18 Å². The second-order valence-corrected chi connectivity index (χ2v) is 6.46. The first kappa shape index (κ1) is 18.7. The fraction of sp³-hybridized carbons (Fsp3) is 0.412. The maximum Gasteiger partial charge on any atom is 0.434 e. The molecule has 0 bridgehead atoms. The van der Waals surface area contributed by atoms with Gasteiger partial charge in [0.05, 0.1) is 17.4 Å². The lowest BCUT2D eigenvalue weighted by atomic mass is 10.2. The molecule has 1 aromatic carbocycles. The van der Waals surface area contributed by atoms with E-state index >= 15 is 0 Å². The number of halogens is 4. The van der Waals surface area contributed by atoms with Crippen LogP contribution in [0, 0.1) is 0 Å². The topological polar surface area (TPSA) is 41.4 Å². The van der Waals surface area contributed by atoms with Crippen molar-refractivity contribution in [1.29, 1.82) is 0 Å². The fourth-order valence-electron chi connectivity index (χ4n) is 3.02. The summed E-state index contributed by atoms with van der Waals surface area (Å²) in [6.07, 6.45) is -3.74. The van der Waals surface area contributed by atoms with Crippen LogP contribution < -0.4 is 0 Å². The predicted molar refractivity (Wildman–Crippen MR) is 91.6 cm³/mol. The minimum Gasteiger partial charge on any atom is -0.336 e. The van der Waals surface area contributed by atoms with Crippen LogP contribution in [0.1, 0.15) is 23.0 Å². The Morgan fingerprint density at radius 1 is 1.23 bits per heavy atom. The van der Waals surface area contributed by atoms with Gasteiger partial charge in [-0.3, -0.25) is 4.79 Å². The van der Waals surface area contributed by atoms with E-state index in [-0.39, 0.29) is 10.7 Å². The van der Waals surface area contributed by atoms with Gasteiger partial charge in [-0.05, 0) is 24.7 Å². The molecule has 0 aliphatic carbocycles. The molecule has 0 atom stereocenters. The number of benzene rings is 1. The summed E-state index contributed by atoms with van der Waals surface area (Å²) in [7, 11) is 0. The number of rotatable bonds is 3. The lowest BCUT2D eigenvalue weighted by Gasteiger charge is -2.34. The Labute approximate surface area is 153 Å². The van der Waals surface area contributed by atoms with E-state index in [1.54, 1.807) is 6.07 Å². The van der Waals surface area contributed by atoms with Crippen molar-refractivity contribution in [3.8, 4) is 5.69 Å². The molecule has 140 valence electrons. The van der Waals surface area contributed by atoms with Crippen molar-refractivity contribution in [2.24, 2.45) is 0 Å². The summed E-state index contributed by atoms with van der Waals surface area (Å²) in [5.74, 6) is -0.652. The number of piperazine rings is 1. The van der Waals surface area contributed by atoms with E-state index in [1.165, 1.54) is 23.1 Å².